The Kier molecular flexibility index (Phi) is 5.35. The summed E-state index contributed by atoms with van der Waals surface area (Å²) in [6, 6.07) is 3.96. The summed E-state index contributed by atoms with van der Waals surface area (Å²) in [4.78, 5) is 5.54. The van der Waals surface area contributed by atoms with E-state index < -0.39 is 0 Å². The maximum Gasteiger partial charge on any atom is 0.194 e. The van der Waals surface area contributed by atoms with Gasteiger partial charge in [0, 0.05) is 26.0 Å². The molecule has 1 aromatic rings. The van der Waals surface area contributed by atoms with E-state index in [4.69, 9.17) is 23.4 Å². The van der Waals surface area contributed by atoms with Crippen molar-refractivity contribution in [2.24, 2.45) is 5.73 Å². The smallest absolute Gasteiger partial charge is 0.194 e. The van der Waals surface area contributed by atoms with E-state index >= 15 is 0 Å². The number of nitrogens with zero attached hydrogens (tertiary/aromatic N) is 2. The lowest BCUT2D eigenvalue weighted by Crippen LogP contribution is -2.46. The Balaban J connectivity index is 2.43. The number of nitrogens with one attached hydrogen (secondary N) is 2. The van der Waals surface area contributed by atoms with E-state index in [9.17, 15) is 0 Å². The molecule has 0 aromatic carbocycles. The van der Waals surface area contributed by atoms with Crippen LogP contribution in [0.4, 0.5) is 0 Å². The molecule has 0 saturated heterocycles. The quantitative estimate of drug-likeness (QED) is 0.417. The molecule has 0 aliphatic heterocycles. The topological polar surface area (TPSA) is 78.0 Å². The summed E-state index contributed by atoms with van der Waals surface area (Å²) in [6.45, 7) is 0.636. The summed E-state index contributed by atoms with van der Waals surface area (Å²) in [7, 11) is 1.72. The molecule has 4 N–H and O–H groups in total. The normalized spacial score (nSPS) is 9.71. The molecular formula is C11H17N5S. The molecule has 0 amide bonds. The van der Waals surface area contributed by atoms with Gasteiger partial charge in [-0.3, -0.25) is 15.3 Å². The lowest BCUT2D eigenvalue weighted by atomic mass is 10.1. The zero-order chi connectivity index (χ0) is 12.7. The molecule has 92 valence electrons. The molecule has 1 rings (SSSR count). The monoisotopic (exact) mass is 251 g/mol. The molecule has 0 atom stereocenters. The van der Waals surface area contributed by atoms with Gasteiger partial charge in [-0.2, -0.15) is 0 Å². The number of nitrogens with two attached hydrogens (primary N) is 1. The molecule has 0 fully saturated rings. The van der Waals surface area contributed by atoms with Gasteiger partial charge in [0.25, 0.3) is 0 Å². The summed E-state index contributed by atoms with van der Waals surface area (Å²) < 4.78 is 0. The minimum Gasteiger partial charge on any atom is -0.370 e. The second kappa shape index (κ2) is 6.80. The van der Waals surface area contributed by atoms with Crippen LogP contribution in [0.25, 0.3) is 0 Å². The molecule has 0 bridgehead atoms. The van der Waals surface area contributed by atoms with E-state index in [1.807, 2.05) is 12.1 Å². The van der Waals surface area contributed by atoms with E-state index in [0.717, 1.165) is 12.8 Å². The van der Waals surface area contributed by atoms with Crippen molar-refractivity contribution in [1.82, 2.24) is 15.2 Å². The Hall–Kier alpha value is -1.69. The first-order chi connectivity index (χ1) is 8.15. The highest BCUT2D eigenvalue weighted by molar-refractivity contribution is 7.80. The number of hydrogen-bond donors (Lipinski definition) is 3. The van der Waals surface area contributed by atoms with Gasteiger partial charge in [0.1, 0.15) is 0 Å². The largest absolute Gasteiger partial charge is 0.370 e. The van der Waals surface area contributed by atoms with Crippen LogP contribution in [0.5, 0.6) is 0 Å². The average molecular weight is 251 g/mol. The summed E-state index contributed by atoms with van der Waals surface area (Å²) in [5.74, 6) is -0.0286. The molecule has 0 aliphatic carbocycles. The number of hydrogen-bond acceptors (Lipinski definition) is 3. The molecular weight excluding hydrogens is 234 g/mol. The van der Waals surface area contributed by atoms with Gasteiger partial charge in [-0.25, -0.2) is 0 Å². The highest BCUT2D eigenvalue weighted by Gasteiger charge is 2.10. The van der Waals surface area contributed by atoms with Crippen molar-refractivity contribution < 1.29 is 0 Å². The first kappa shape index (κ1) is 13.4. The second-order valence-electron chi connectivity index (χ2n) is 3.55. The van der Waals surface area contributed by atoms with Crippen LogP contribution < -0.4 is 11.1 Å². The number of pyridine rings is 1. The fraction of sp³-hybridized carbons (Fsp3) is 0.364. The minimum atomic E-state index is -0.0286. The first-order valence-electron chi connectivity index (χ1n) is 5.37. The lowest BCUT2D eigenvalue weighted by molar-refractivity contribution is 0.559. The Morgan fingerprint density at radius 1 is 1.53 bits per heavy atom. The van der Waals surface area contributed by atoms with Gasteiger partial charge in [-0.05, 0) is 42.8 Å². The third-order valence-corrected chi connectivity index (χ3v) is 2.77. The van der Waals surface area contributed by atoms with Gasteiger partial charge in [-0.1, -0.05) is 0 Å². The molecule has 0 aliphatic rings. The van der Waals surface area contributed by atoms with Crippen molar-refractivity contribution in [1.29, 1.82) is 5.41 Å². The van der Waals surface area contributed by atoms with Crippen molar-refractivity contribution >= 4 is 23.3 Å². The summed E-state index contributed by atoms with van der Waals surface area (Å²) in [5.41, 5.74) is 6.69. The van der Waals surface area contributed by atoms with E-state index in [2.05, 4.69) is 10.3 Å². The molecule has 1 aromatic heterocycles. The van der Waals surface area contributed by atoms with Gasteiger partial charge >= 0.3 is 0 Å². The number of thiocarbonyl (C=S) groups is 1. The molecule has 0 unspecified atom stereocenters. The van der Waals surface area contributed by atoms with Crippen molar-refractivity contribution in [2.45, 2.75) is 12.8 Å². The maximum absolute atomic E-state index is 7.43. The standard InChI is InChI=1S/C11H17N5S/c1-14-11(17)16(10(12)13)8-2-3-9-4-6-15-7-5-9/h4-7H,2-3,8H2,1H3,(H3,12,13)(H,14,17). The predicted octanol–water partition coefficient (Wildman–Crippen LogP) is 0.714. The van der Waals surface area contributed by atoms with Gasteiger partial charge < -0.3 is 11.1 Å². The van der Waals surface area contributed by atoms with Crippen LogP contribution in [-0.4, -0.2) is 34.5 Å². The first-order valence-corrected chi connectivity index (χ1v) is 5.78. The van der Waals surface area contributed by atoms with Gasteiger partial charge in [0.2, 0.25) is 0 Å². The fourth-order valence-electron chi connectivity index (χ4n) is 1.46. The van der Waals surface area contributed by atoms with Crippen LogP contribution in [0.2, 0.25) is 0 Å². The molecule has 17 heavy (non-hydrogen) atoms. The van der Waals surface area contributed by atoms with Crippen LogP contribution >= 0.6 is 12.2 Å². The minimum absolute atomic E-state index is 0.0286. The molecule has 1 heterocycles. The SMILES string of the molecule is CNC(=S)N(CCCc1ccncc1)C(=N)N. The Labute approximate surface area is 107 Å². The van der Waals surface area contributed by atoms with Crippen LogP contribution in [0, 0.1) is 5.41 Å². The average Bonchev–Trinajstić information content (AvgIpc) is 2.34. The number of aromatic nitrogens is 1. The van der Waals surface area contributed by atoms with E-state index in [0.29, 0.717) is 11.7 Å². The van der Waals surface area contributed by atoms with Crippen LogP contribution in [-0.2, 0) is 6.42 Å². The highest BCUT2D eigenvalue weighted by Crippen LogP contribution is 2.02. The summed E-state index contributed by atoms with van der Waals surface area (Å²) >= 11 is 5.07. The molecule has 0 radical (unpaired) electrons. The zero-order valence-electron chi connectivity index (χ0n) is 9.81. The maximum atomic E-state index is 7.43. The van der Waals surface area contributed by atoms with Crippen LogP contribution in [0.1, 0.15) is 12.0 Å². The third-order valence-electron chi connectivity index (χ3n) is 2.35. The van der Waals surface area contributed by atoms with Crippen molar-refractivity contribution in [3.05, 3.63) is 30.1 Å². The number of guanidine groups is 1. The highest BCUT2D eigenvalue weighted by atomic mass is 32.1. The molecule has 6 heteroatoms. The van der Waals surface area contributed by atoms with Crippen molar-refractivity contribution in [2.75, 3.05) is 13.6 Å². The van der Waals surface area contributed by atoms with Gasteiger partial charge in [0.05, 0.1) is 0 Å². The van der Waals surface area contributed by atoms with E-state index in [1.54, 1.807) is 24.3 Å². The van der Waals surface area contributed by atoms with Crippen molar-refractivity contribution in [3.63, 3.8) is 0 Å². The predicted molar refractivity (Wildman–Crippen MR) is 72.8 cm³/mol. The second-order valence-corrected chi connectivity index (χ2v) is 3.94. The van der Waals surface area contributed by atoms with Crippen LogP contribution in [0.15, 0.2) is 24.5 Å². The lowest BCUT2D eigenvalue weighted by Gasteiger charge is -2.22. The molecule has 0 spiro atoms. The third kappa shape index (κ3) is 4.36. The number of rotatable bonds is 4. The zero-order valence-corrected chi connectivity index (χ0v) is 10.6. The Morgan fingerprint density at radius 3 is 2.71 bits per heavy atom. The molecule has 0 saturated carbocycles. The number of aryl methyl sites for hydroxylation is 1. The van der Waals surface area contributed by atoms with Crippen molar-refractivity contribution in [3.8, 4) is 0 Å². The molecule has 5 nitrogen and oxygen atoms in total. The van der Waals surface area contributed by atoms with Crippen LogP contribution in [0.3, 0.4) is 0 Å². The summed E-state index contributed by atoms with van der Waals surface area (Å²) in [6.07, 6.45) is 5.34. The van der Waals surface area contributed by atoms with E-state index in [-0.39, 0.29) is 5.96 Å². The van der Waals surface area contributed by atoms with Gasteiger partial charge in [0.15, 0.2) is 11.1 Å². The Bertz CT molecular complexity index is 379. The fourth-order valence-corrected chi connectivity index (χ4v) is 1.65. The van der Waals surface area contributed by atoms with Gasteiger partial charge in [-0.15, -0.1) is 0 Å². The van der Waals surface area contributed by atoms with E-state index in [1.165, 1.54) is 5.56 Å². The summed E-state index contributed by atoms with van der Waals surface area (Å²) in [5, 5.41) is 10.7. The Morgan fingerprint density at radius 2 is 2.18 bits per heavy atom.